The molecule has 0 bridgehead atoms. The molecule has 0 aliphatic carbocycles. The lowest BCUT2D eigenvalue weighted by Crippen LogP contribution is -2.43. The maximum absolute atomic E-state index is 12.0. The van der Waals surface area contributed by atoms with E-state index < -0.39 is 6.23 Å². The summed E-state index contributed by atoms with van der Waals surface area (Å²) in [7, 11) is 1.64. The SMILES string of the molecule is COc1cccc(CCNC(=O)NC(C)Oc2ccc(C(C)C)cc2)c1. The summed E-state index contributed by atoms with van der Waals surface area (Å²) in [5.41, 5.74) is 2.37. The fourth-order valence-electron chi connectivity index (χ4n) is 2.55. The molecule has 5 nitrogen and oxygen atoms in total. The molecule has 0 heterocycles. The van der Waals surface area contributed by atoms with Crippen molar-refractivity contribution in [1.29, 1.82) is 0 Å². The highest BCUT2D eigenvalue weighted by Gasteiger charge is 2.08. The van der Waals surface area contributed by atoms with Crippen LogP contribution < -0.4 is 20.1 Å². The molecular formula is C21H28N2O3. The van der Waals surface area contributed by atoms with E-state index in [9.17, 15) is 4.79 Å². The van der Waals surface area contributed by atoms with E-state index in [0.717, 1.165) is 23.5 Å². The van der Waals surface area contributed by atoms with Crippen LogP contribution in [-0.4, -0.2) is 25.9 Å². The van der Waals surface area contributed by atoms with Crippen molar-refractivity contribution < 1.29 is 14.3 Å². The van der Waals surface area contributed by atoms with Crippen LogP contribution in [0, 0.1) is 0 Å². The van der Waals surface area contributed by atoms with E-state index in [1.807, 2.05) is 48.5 Å². The Morgan fingerprint density at radius 1 is 1.04 bits per heavy atom. The predicted octanol–water partition coefficient (Wildman–Crippen LogP) is 4.09. The summed E-state index contributed by atoms with van der Waals surface area (Å²) in [6, 6.07) is 15.5. The van der Waals surface area contributed by atoms with Crippen LogP contribution in [0.15, 0.2) is 48.5 Å². The Morgan fingerprint density at radius 3 is 2.42 bits per heavy atom. The van der Waals surface area contributed by atoms with Gasteiger partial charge in [-0.3, -0.25) is 0 Å². The Balaban J connectivity index is 1.72. The molecule has 0 aromatic heterocycles. The lowest BCUT2D eigenvalue weighted by atomic mass is 10.0. The summed E-state index contributed by atoms with van der Waals surface area (Å²) in [5.74, 6) is 2.03. The average molecular weight is 356 g/mol. The Hall–Kier alpha value is -2.69. The van der Waals surface area contributed by atoms with Gasteiger partial charge in [0.05, 0.1) is 7.11 Å². The summed E-state index contributed by atoms with van der Waals surface area (Å²) in [6.07, 6.45) is 0.313. The third-order valence-corrected chi connectivity index (χ3v) is 4.03. The number of amides is 2. The van der Waals surface area contributed by atoms with Crippen molar-refractivity contribution in [2.75, 3.05) is 13.7 Å². The lowest BCUT2D eigenvalue weighted by Gasteiger charge is -2.17. The number of carbonyl (C=O) groups is 1. The highest BCUT2D eigenvalue weighted by Crippen LogP contribution is 2.19. The highest BCUT2D eigenvalue weighted by molar-refractivity contribution is 5.74. The molecule has 1 atom stereocenters. The second-order valence-electron chi connectivity index (χ2n) is 6.49. The van der Waals surface area contributed by atoms with Gasteiger partial charge in [-0.15, -0.1) is 0 Å². The Morgan fingerprint density at radius 2 is 1.77 bits per heavy atom. The zero-order valence-electron chi connectivity index (χ0n) is 15.9. The second kappa shape index (κ2) is 9.70. The number of hydrogen-bond donors (Lipinski definition) is 2. The van der Waals surface area contributed by atoms with Crippen LogP contribution in [0.2, 0.25) is 0 Å². The molecule has 5 heteroatoms. The molecule has 2 rings (SSSR count). The van der Waals surface area contributed by atoms with Gasteiger partial charge >= 0.3 is 6.03 Å². The summed E-state index contributed by atoms with van der Waals surface area (Å²) < 4.78 is 10.9. The van der Waals surface area contributed by atoms with Gasteiger partial charge in [-0.25, -0.2) is 4.79 Å². The molecular weight excluding hydrogens is 328 g/mol. The van der Waals surface area contributed by atoms with Crippen LogP contribution in [0.5, 0.6) is 11.5 Å². The van der Waals surface area contributed by atoms with Crippen molar-refractivity contribution in [1.82, 2.24) is 10.6 Å². The standard InChI is InChI=1S/C21H28N2O3/c1-15(2)18-8-10-19(11-9-18)26-16(3)23-21(24)22-13-12-17-6-5-7-20(14-17)25-4/h5-11,14-16H,12-13H2,1-4H3,(H2,22,23,24). The molecule has 2 aromatic carbocycles. The van der Waals surface area contributed by atoms with Gasteiger partial charge in [0.15, 0.2) is 6.23 Å². The summed E-state index contributed by atoms with van der Waals surface area (Å²) in [5, 5.41) is 5.62. The predicted molar refractivity (Wildman–Crippen MR) is 104 cm³/mol. The van der Waals surface area contributed by atoms with Crippen LogP contribution in [0.3, 0.4) is 0 Å². The minimum absolute atomic E-state index is 0.251. The van der Waals surface area contributed by atoms with E-state index in [1.54, 1.807) is 14.0 Å². The monoisotopic (exact) mass is 356 g/mol. The van der Waals surface area contributed by atoms with Gasteiger partial charge in [-0.1, -0.05) is 38.1 Å². The zero-order chi connectivity index (χ0) is 18.9. The summed E-state index contributed by atoms with van der Waals surface area (Å²) >= 11 is 0. The van der Waals surface area contributed by atoms with Gasteiger partial charge < -0.3 is 20.1 Å². The molecule has 0 spiro atoms. The van der Waals surface area contributed by atoms with E-state index >= 15 is 0 Å². The average Bonchev–Trinajstić information content (AvgIpc) is 2.62. The number of methoxy groups -OCH3 is 1. The minimum Gasteiger partial charge on any atom is -0.497 e. The molecule has 0 radical (unpaired) electrons. The number of benzene rings is 2. The molecule has 1 unspecified atom stereocenters. The molecule has 2 amide bonds. The van der Waals surface area contributed by atoms with Gasteiger partial charge in [0.1, 0.15) is 11.5 Å². The fourth-order valence-corrected chi connectivity index (χ4v) is 2.55. The lowest BCUT2D eigenvalue weighted by molar-refractivity contribution is 0.177. The normalized spacial score (nSPS) is 11.7. The molecule has 0 fully saturated rings. The maximum atomic E-state index is 12.0. The van der Waals surface area contributed by atoms with Crippen molar-refractivity contribution in [3.05, 3.63) is 59.7 Å². The number of ether oxygens (including phenoxy) is 2. The topological polar surface area (TPSA) is 59.6 Å². The molecule has 26 heavy (non-hydrogen) atoms. The molecule has 140 valence electrons. The van der Waals surface area contributed by atoms with Crippen LogP contribution >= 0.6 is 0 Å². The third kappa shape index (κ3) is 6.31. The van der Waals surface area contributed by atoms with Gasteiger partial charge in [-0.05, 0) is 54.7 Å². The maximum Gasteiger partial charge on any atom is 0.317 e. The Labute approximate surface area is 155 Å². The molecule has 2 N–H and O–H groups in total. The van der Waals surface area contributed by atoms with Crippen molar-refractivity contribution in [2.45, 2.75) is 39.3 Å². The largest absolute Gasteiger partial charge is 0.497 e. The van der Waals surface area contributed by atoms with E-state index in [-0.39, 0.29) is 6.03 Å². The van der Waals surface area contributed by atoms with Crippen LogP contribution in [-0.2, 0) is 6.42 Å². The van der Waals surface area contributed by atoms with E-state index in [0.29, 0.717) is 12.5 Å². The minimum atomic E-state index is -0.420. The third-order valence-electron chi connectivity index (χ3n) is 4.03. The molecule has 0 saturated carbocycles. The van der Waals surface area contributed by atoms with Crippen LogP contribution in [0.4, 0.5) is 4.79 Å². The van der Waals surface area contributed by atoms with Gasteiger partial charge in [0, 0.05) is 6.54 Å². The molecule has 0 aliphatic heterocycles. The van der Waals surface area contributed by atoms with Gasteiger partial charge in [0.25, 0.3) is 0 Å². The second-order valence-corrected chi connectivity index (χ2v) is 6.49. The van der Waals surface area contributed by atoms with Crippen molar-refractivity contribution in [3.63, 3.8) is 0 Å². The van der Waals surface area contributed by atoms with Crippen molar-refractivity contribution in [2.24, 2.45) is 0 Å². The molecule has 2 aromatic rings. The first-order chi connectivity index (χ1) is 12.5. The summed E-state index contributed by atoms with van der Waals surface area (Å²) in [4.78, 5) is 12.0. The van der Waals surface area contributed by atoms with Gasteiger partial charge in [0.2, 0.25) is 0 Å². The van der Waals surface area contributed by atoms with Crippen LogP contribution in [0.1, 0.15) is 37.8 Å². The van der Waals surface area contributed by atoms with Crippen molar-refractivity contribution in [3.8, 4) is 11.5 Å². The highest BCUT2D eigenvalue weighted by atomic mass is 16.5. The van der Waals surface area contributed by atoms with Crippen LogP contribution in [0.25, 0.3) is 0 Å². The number of urea groups is 1. The quantitative estimate of drug-likeness (QED) is 0.701. The van der Waals surface area contributed by atoms with E-state index in [2.05, 4.69) is 24.5 Å². The Kier molecular flexibility index (Phi) is 7.33. The summed E-state index contributed by atoms with van der Waals surface area (Å²) in [6.45, 7) is 6.64. The first kappa shape index (κ1) is 19.6. The number of nitrogens with one attached hydrogen (secondary N) is 2. The first-order valence-corrected chi connectivity index (χ1v) is 8.92. The number of rotatable bonds is 8. The zero-order valence-corrected chi connectivity index (χ0v) is 15.9. The molecule has 0 aliphatic rings. The van der Waals surface area contributed by atoms with Crippen molar-refractivity contribution >= 4 is 6.03 Å². The smallest absolute Gasteiger partial charge is 0.317 e. The number of carbonyl (C=O) groups excluding carboxylic acids is 1. The first-order valence-electron chi connectivity index (χ1n) is 8.92. The fraction of sp³-hybridized carbons (Fsp3) is 0.381. The van der Waals surface area contributed by atoms with Gasteiger partial charge in [-0.2, -0.15) is 0 Å². The molecule has 0 saturated heterocycles. The van der Waals surface area contributed by atoms with E-state index in [4.69, 9.17) is 9.47 Å². The number of hydrogen-bond acceptors (Lipinski definition) is 3. The van der Waals surface area contributed by atoms with E-state index in [1.165, 1.54) is 5.56 Å². The Bertz CT molecular complexity index is 699.